The molecule has 2 heteroatoms. The molecule has 2 atom stereocenters. The van der Waals surface area contributed by atoms with Gasteiger partial charge in [0.15, 0.2) is 0 Å². The van der Waals surface area contributed by atoms with Gasteiger partial charge in [-0.05, 0) is 42.0 Å². The number of furan rings is 1. The Kier molecular flexibility index (Phi) is 3.70. The quantitative estimate of drug-likeness (QED) is 0.397. The zero-order valence-electron chi connectivity index (χ0n) is 13.5. The lowest BCUT2D eigenvalue weighted by Crippen LogP contribution is -1.98. The highest BCUT2D eigenvalue weighted by molar-refractivity contribution is 7.19. The molecule has 0 bridgehead atoms. The number of para-hydroxylation sites is 1. The average Bonchev–Trinajstić information content (AvgIpc) is 3.18. The fraction of sp³-hybridized carbons (Fsp3) is 0.238. The van der Waals surface area contributed by atoms with Gasteiger partial charge in [0.05, 0.1) is 0 Å². The highest BCUT2D eigenvalue weighted by atomic mass is 32.1. The number of hydrogen-bond acceptors (Lipinski definition) is 2. The first kappa shape index (κ1) is 14.5. The maximum Gasteiger partial charge on any atom is 0.134 e. The molecule has 0 saturated heterocycles. The van der Waals surface area contributed by atoms with Crippen LogP contribution in [0.5, 0.6) is 0 Å². The van der Waals surface area contributed by atoms with Crippen LogP contribution in [0.1, 0.15) is 42.7 Å². The first-order chi connectivity index (χ1) is 11.2. The standard InChI is InChI=1S/C21H20OS/c1-14(19-12-16-7-3-5-9-18(16)22-19)11-15(2)21-13-17-8-4-6-10-20(17)23-21/h3-10,12-15H,11H2,1-2H3. The van der Waals surface area contributed by atoms with Crippen LogP contribution in [-0.4, -0.2) is 0 Å². The van der Waals surface area contributed by atoms with E-state index in [-0.39, 0.29) is 0 Å². The van der Waals surface area contributed by atoms with Crippen molar-refractivity contribution in [2.45, 2.75) is 32.1 Å². The molecule has 0 amide bonds. The molecule has 0 radical (unpaired) electrons. The molecule has 2 aromatic heterocycles. The summed E-state index contributed by atoms with van der Waals surface area (Å²) in [5, 5.41) is 2.56. The summed E-state index contributed by atoms with van der Waals surface area (Å²) in [5.41, 5.74) is 0.990. The highest BCUT2D eigenvalue weighted by Gasteiger charge is 2.17. The predicted octanol–water partition coefficient (Wildman–Crippen LogP) is 6.94. The molecule has 4 rings (SSSR count). The van der Waals surface area contributed by atoms with Crippen molar-refractivity contribution in [1.29, 1.82) is 0 Å². The Morgan fingerprint density at radius 2 is 1.61 bits per heavy atom. The summed E-state index contributed by atoms with van der Waals surface area (Å²) >= 11 is 1.92. The van der Waals surface area contributed by atoms with E-state index in [1.807, 2.05) is 23.5 Å². The third-order valence-electron chi connectivity index (χ3n) is 4.57. The van der Waals surface area contributed by atoms with Crippen molar-refractivity contribution in [3.05, 3.63) is 71.3 Å². The monoisotopic (exact) mass is 320 g/mol. The van der Waals surface area contributed by atoms with Crippen LogP contribution < -0.4 is 0 Å². The van der Waals surface area contributed by atoms with Gasteiger partial charge in [-0.25, -0.2) is 0 Å². The number of benzene rings is 2. The van der Waals surface area contributed by atoms with Crippen LogP contribution in [0.4, 0.5) is 0 Å². The molecule has 0 fully saturated rings. The van der Waals surface area contributed by atoms with Gasteiger partial charge < -0.3 is 4.42 Å². The van der Waals surface area contributed by atoms with Crippen LogP contribution in [-0.2, 0) is 0 Å². The van der Waals surface area contributed by atoms with Crippen molar-refractivity contribution in [2.24, 2.45) is 0 Å². The van der Waals surface area contributed by atoms with Crippen LogP contribution >= 0.6 is 11.3 Å². The summed E-state index contributed by atoms with van der Waals surface area (Å²) in [6.07, 6.45) is 1.10. The molecule has 4 aromatic rings. The molecule has 0 N–H and O–H groups in total. The average molecular weight is 320 g/mol. The van der Waals surface area contributed by atoms with E-state index in [0.29, 0.717) is 11.8 Å². The molecular weight excluding hydrogens is 300 g/mol. The molecule has 0 spiro atoms. The lowest BCUT2D eigenvalue weighted by atomic mass is 9.94. The van der Waals surface area contributed by atoms with Crippen molar-refractivity contribution >= 4 is 32.4 Å². The molecule has 0 saturated carbocycles. The molecule has 0 aliphatic rings. The van der Waals surface area contributed by atoms with E-state index < -0.39 is 0 Å². The van der Waals surface area contributed by atoms with Crippen LogP contribution in [0.25, 0.3) is 21.1 Å². The van der Waals surface area contributed by atoms with Gasteiger partial charge in [0.2, 0.25) is 0 Å². The summed E-state index contributed by atoms with van der Waals surface area (Å²) in [7, 11) is 0. The van der Waals surface area contributed by atoms with E-state index in [9.17, 15) is 0 Å². The van der Waals surface area contributed by atoms with E-state index >= 15 is 0 Å². The van der Waals surface area contributed by atoms with E-state index in [1.165, 1.54) is 20.3 Å². The third kappa shape index (κ3) is 2.79. The second kappa shape index (κ2) is 5.86. The predicted molar refractivity (Wildman–Crippen MR) is 99.5 cm³/mol. The van der Waals surface area contributed by atoms with Gasteiger partial charge in [-0.1, -0.05) is 50.2 Å². The van der Waals surface area contributed by atoms with E-state index in [0.717, 1.165) is 17.8 Å². The Labute approximate surface area is 140 Å². The number of fused-ring (bicyclic) bond motifs is 2. The summed E-state index contributed by atoms with van der Waals surface area (Å²) in [6.45, 7) is 4.59. The van der Waals surface area contributed by atoms with Gasteiger partial charge in [-0.2, -0.15) is 0 Å². The molecule has 1 nitrogen and oxygen atoms in total. The Balaban J connectivity index is 1.56. The lowest BCUT2D eigenvalue weighted by molar-refractivity contribution is 0.471. The minimum Gasteiger partial charge on any atom is -0.461 e. The Morgan fingerprint density at radius 1 is 0.870 bits per heavy atom. The first-order valence-electron chi connectivity index (χ1n) is 8.17. The summed E-state index contributed by atoms with van der Waals surface area (Å²) in [4.78, 5) is 1.47. The fourth-order valence-electron chi connectivity index (χ4n) is 3.25. The minimum atomic E-state index is 0.419. The third-order valence-corrected chi connectivity index (χ3v) is 5.92. The molecule has 116 valence electrons. The molecule has 2 unspecified atom stereocenters. The Bertz CT molecular complexity index is 802. The van der Waals surface area contributed by atoms with Gasteiger partial charge in [0.25, 0.3) is 0 Å². The molecule has 2 aromatic carbocycles. The van der Waals surface area contributed by atoms with Crippen LogP contribution in [0.3, 0.4) is 0 Å². The van der Waals surface area contributed by atoms with Gasteiger partial charge >= 0.3 is 0 Å². The number of rotatable bonds is 4. The van der Waals surface area contributed by atoms with Gasteiger partial charge in [-0.3, -0.25) is 0 Å². The highest BCUT2D eigenvalue weighted by Crippen LogP contribution is 2.37. The topological polar surface area (TPSA) is 13.1 Å². The fourth-order valence-corrected chi connectivity index (χ4v) is 4.38. The van der Waals surface area contributed by atoms with Crippen LogP contribution in [0.2, 0.25) is 0 Å². The summed E-state index contributed by atoms with van der Waals surface area (Å²) < 4.78 is 7.41. The molecule has 0 aliphatic heterocycles. The SMILES string of the molecule is CC(CC(C)c1cc2ccccc2s1)c1cc2ccccc2o1. The second-order valence-corrected chi connectivity index (χ2v) is 7.53. The maximum atomic E-state index is 6.03. The van der Waals surface area contributed by atoms with Gasteiger partial charge in [0, 0.05) is 20.9 Å². The number of hydrogen-bond donors (Lipinski definition) is 0. The van der Waals surface area contributed by atoms with E-state index in [1.54, 1.807) is 0 Å². The zero-order chi connectivity index (χ0) is 15.8. The minimum absolute atomic E-state index is 0.419. The van der Waals surface area contributed by atoms with Crippen LogP contribution in [0.15, 0.2) is 65.1 Å². The summed E-state index contributed by atoms with van der Waals surface area (Å²) in [5.74, 6) is 2.05. The Morgan fingerprint density at radius 3 is 2.39 bits per heavy atom. The first-order valence-corrected chi connectivity index (χ1v) is 8.99. The van der Waals surface area contributed by atoms with Crippen molar-refractivity contribution in [1.82, 2.24) is 0 Å². The van der Waals surface area contributed by atoms with Crippen LogP contribution in [0, 0.1) is 0 Å². The van der Waals surface area contributed by atoms with Crippen molar-refractivity contribution < 1.29 is 4.42 Å². The summed E-state index contributed by atoms with van der Waals surface area (Å²) in [6, 6.07) is 21.4. The van der Waals surface area contributed by atoms with Gasteiger partial charge in [-0.15, -0.1) is 11.3 Å². The molecular formula is C21H20OS. The maximum absolute atomic E-state index is 6.03. The second-order valence-electron chi connectivity index (χ2n) is 6.41. The van der Waals surface area contributed by atoms with Crippen molar-refractivity contribution in [2.75, 3.05) is 0 Å². The van der Waals surface area contributed by atoms with Crippen molar-refractivity contribution in [3.8, 4) is 0 Å². The molecule has 23 heavy (non-hydrogen) atoms. The molecule has 2 heterocycles. The van der Waals surface area contributed by atoms with E-state index in [2.05, 4.69) is 62.4 Å². The van der Waals surface area contributed by atoms with Gasteiger partial charge in [0.1, 0.15) is 11.3 Å². The normalized spacial score (nSPS) is 14.3. The van der Waals surface area contributed by atoms with Crippen molar-refractivity contribution in [3.63, 3.8) is 0 Å². The zero-order valence-corrected chi connectivity index (χ0v) is 14.3. The lowest BCUT2D eigenvalue weighted by Gasteiger charge is -2.14. The van der Waals surface area contributed by atoms with E-state index in [4.69, 9.17) is 4.42 Å². The largest absolute Gasteiger partial charge is 0.461 e. The smallest absolute Gasteiger partial charge is 0.134 e. The molecule has 0 aliphatic carbocycles. The number of thiophene rings is 1. The Hall–Kier alpha value is -2.06.